The summed E-state index contributed by atoms with van der Waals surface area (Å²) in [6.45, 7) is 5.66. The molecule has 38 heavy (non-hydrogen) atoms. The van der Waals surface area contributed by atoms with Crippen molar-refractivity contribution in [3.63, 3.8) is 0 Å². The number of nitrogens with one attached hydrogen (secondary N) is 1. The zero-order chi connectivity index (χ0) is 28.6. The Kier molecular flexibility index (Phi) is 12.0. The van der Waals surface area contributed by atoms with Gasteiger partial charge in [0.15, 0.2) is 0 Å². The second-order valence-electron chi connectivity index (χ2n) is 9.10. The lowest BCUT2D eigenvalue weighted by Gasteiger charge is -2.32. The lowest BCUT2D eigenvalue weighted by Crippen LogP contribution is -2.50. The number of anilines is 1. The highest BCUT2D eigenvalue weighted by Crippen LogP contribution is 2.30. The average molecular weight is 607 g/mol. The van der Waals surface area contributed by atoms with Gasteiger partial charge in [-0.1, -0.05) is 47.8 Å². The number of carbonyl (C=O) groups is 2. The molecule has 1 N–H and O–H groups in total. The van der Waals surface area contributed by atoms with Crippen LogP contribution >= 0.6 is 34.8 Å². The number of amides is 2. The molecule has 0 saturated heterocycles. The summed E-state index contributed by atoms with van der Waals surface area (Å²) >= 11 is 18.6. The fourth-order valence-electron chi connectivity index (χ4n) is 3.95. The number of benzene rings is 2. The maximum atomic E-state index is 13.5. The highest BCUT2D eigenvalue weighted by atomic mass is 35.5. The Morgan fingerprint density at radius 3 is 2.26 bits per heavy atom. The molecule has 1 unspecified atom stereocenters. The van der Waals surface area contributed by atoms with Crippen molar-refractivity contribution in [1.82, 2.24) is 10.2 Å². The van der Waals surface area contributed by atoms with Gasteiger partial charge < -0.3 is 15.0 Å². The predicted molar refractivity (Wildman–Crippen MR) is 154 cm³/mol. The number of rotatable bonds is 13. The average Bonchev–Trinajstić information content (AvgIpc) is 2.81. The molecule has 2 rings (SSSR count). The first kappa shape index (κ1) is 32.0. The molecule has 2 aromatic carbocycles. The van der Waals surface area contributed by atoms with Crippen LogP contribution in [0.1, 0.15) is 45.6 Å². The van der Waals surface area contributed by atoms with Gasteiger partial charge in [0.25, 0.3) is 0 Å². The minimum Gasteiger partial charge on any atom is -0.495 e. The van der Waals surface area contributed by atoms with Crippen molar-refractivity contribution in [1.29, 1.82) is 0 Å². The third-order valence-electron chi connectivity index (χ3n) is 5.75. The summed E-state index contributed by atoms with van der Waals surface area (Å²) in [5, 5.41) is 3.98. The molecule has 0 radical (unpaired) electrons. The Bertz CT molecular complexity index is 1240. The Morgan fingerprint density at radius 1 is 1.05 bits per heavy atom. The van der Waals surface area contributed by atoms with Gasteiger partial charge in [-0.3, -0.25) is 13.9 Å². The first-order valence-corrected chi connectivity index (χ1v) is 15.1. The van der Waals surface area contributed by atoms with Crippen LogP contribution in [-0.4, -0.2) is 57.1 Å². The van der Waals surface area contributed by atoms with Crippen LogP contribution in [0.3, 0.4) is 0 Å². The minimum atomic E-state index is -3.66. The number of nitrogens with zero attached hydrogens (tertiary/aromatic N) is 2. The van der Waals surface area contributed by atoms with Crippen LogP contribution in [0.5, 0.6) is 5.75 Å². The second kappa shape index (κ2) is 14.3. The molecule has 0 bridgehead atoms. The second-order valence-corrected chi connectivity index (χ2v) is 12.3. The SMILES string of the molecule is CCC(C(=O)NC(C)C)N(Cc1ccc(Cl)cc1Cl)C(=O)CCCN(c1ccc(OC)c(Cl)c1)S(C)(=O)=O. The lowest BCUT2D eigenvalue weighted by atomic mass is 10.1. The fraction of sp³-hybridized carbons (Fsp3) is 0.462. The number of sulfonamides is 1. The summed E-state index contributed by atoms with van der Waals surface area (Å²) in [4.78, 5) is 28.0. The zero-order valence-corrected chi connectivity index (χ0v) is 25.2. The normalized spacial score (nSPS) is 12.2. The minimum absolute atomic E-state index is 0.00652. The van der Waals surface area contributed by atoms with Crippen molar-refractivity contribution >= 4 is 62.3 Å². The largest absolute Gasteiger partial charge is 0.495 e. The monoisotopic (exact) mass is 605 g/mol. The van der Waals surface area contributed by atoms with Crippen LogP contribution in [-0.2, 0) is 26.2 Å². The van der Waals surface area contributed by atoms with Gasteiger partial charge in [-0.05, 0) is 62.6 Å². The molecule has 0 aliphatic rings. The van der Waals surface area contributed by atoms with Gasteiger partial charge in [-0.2, -0.15) is 0 Å². The van der Waals surface area contributed by atoms with Crippen molar-refractivity contribution in [3.8, 4) is 5.75 Å². The molecule has 2 amide bonds. The van der Waals surface area contributed by atoms with Gasteiger partial charge in [0, 0.05) is 35.6 Å². The van der Waals surface area contributed by atoms with Crippen LogP contribution in [0, 0.1) is 0 Å². The molecule has 0 fully saturated rings. The Hall–Kier alpha value is -2.20. The van der Waals surface area contributed by atoms with E-state index >= 15 is 0 Å². The number of halogens is 3. The van der Waals surface area contributed by atoms with E-state index in [0.29, 0.717) is 33.5 Å². The summed E-state index contributed by atoms with van der Waals surface area (Å²) in [5.74, 6) is -0.157. The van der Waals surface area contributed by atoms with E-state index in [1.807, 2.05) is 20.8 Å². The van der Waals surface area contributed by atoms with Gasteiger partial charge >= 0.3 is 0 Å². The molecule has 0 spiro atoms. The number of methoxy groups -OCH3 is 1. The number of ether oxygens (including phenoxy) is 1. The summed E-state index contributed by atoms with van der Waals surface area (Å²) < 4.78 is 31.4. The van der Waals surface area contributed by atoms with Crippen LogP contribution < -0.4 is 14.4 Å². The van der Waals surface area contributed by atoms with E-state index in [1.54, 1.807) is 30.3 Å². The van der Waals surface area contributed by atoms with Gasteiger partial charge in [0.1, 0.15) is 11.8 Å². The number of hydrogen-bond acceptors (Lipinski definition) is 5. The highest BCUT2D eigenvalue weighted by molar-refractivity contribution is 7.92. The molecule has 210 valence electrons. The van der Waals surface area contributed by atoms with Crippen molar-refractivity contribution in [2.75, 3.05) is 24.2 Å². The van der Waals surface area contributed by atoms with Gasteiger partial charge in [0.05, 0.1) is 24.1 Å². The zero-order valence-electron chi connectivity index (χ0n) is 22.1. The third kappa shape index (κ3) is 8.93. The summed E-state index contributed by atoms with van der Waals surface area (Å²) in [6.07, 6.45) is 1.69. The molecule has 1 atom stereocenters. The van der Waals surface area contributed by atoms with Crippen LogP contribution in [0.4, 0.5) is 5.69 Å². The summed E-state index contributed by atoms with van der Waals surface area (Å²) in [7, 11) is -2.20. The van der Waals surface area contributed by atoms with E-state index in [9.17, 15) is 18.0 Å². The van der Waals surface area contributed by atoms with E-state index in [0.717, 1.165) is 6.26 Å². The van der Waals surface area contributed by atoms with Gasteiger partial charge in [-0.15, -0.1) is 0 Å². The van der Waals surface area contributed by atoms with Crippen LogP contribution in [0.2, 0.25) is 15.1 Å². The topological polar surface area (TPSA) is 96.0 Å². The number of carbonyl (C=O) groups excluding carboxylic acids is 2. The van der Waals surface area contributed by atoms with Gasteiger partial charge in [0.2, 0.25) is 21.8 Å². The van der Waals surface area contributed by atoms with E-state index in [-0.39, 0.29) is 48.8 Å². The fourth-order valence-corrected chi connectivity index (χ4v) is 5.63. The first-order chi connectivity index (χ1) is 17.8. The predicted octanol–water partition coefficient (Wildman–Crippen LogP) is 5.53. The quantitative estimate of drug-likeness (QED) is 0.323. The van der Waals surface area contributed by atoms with E-state index in [4.69, 9.17) is 39.5 Å². The third-order valence-corrected chi connectivity index (χ3v) is 7.82. The summed E-state index contributed by atoms with van der Waals surface area (Å²) in [6, 6.07) is 8.81. The molecule has 0 heterocycles. The molecule has 0 aliphatic carbocycles. The molecule has 0 aromatic heterocycles. The van der Waals surface area contributed by atoms with Crippen molar-refractivity contribution < 1.29 is 22.7 Å². The maximum Gasteiger partial charge on any atom is 0.243 e. The maximum absolute atomic E-state index is 13.5. The van der Waals surface area contributed by atoms with E-state index < -0.39 is 16.1 Å². The number of hydrogen-bond donors (Lipinski definition) is 1. The Labute approximate surface area is 240 Å². The molecular weight excluding hydrogens is 573 g/mol. The highest BCUT2D eigenvalue weighted by Gasteiger charge is 2.29. The molecule has 8 nitrogen and oxygen atoms in total. The molecule has 2 aromatic rings. The lowest BCUT2D eigenvalue weighted by molar-refractivity contribution is -0.141. The van der Waals surface area contributed by atoms with E-state index in [1.165, 1.54) is 22.4 Å². The molecule has 0 saturated carbocycles. The van der Waals surface area contributed by atoms with Crippen molar-refractivity contribution in [2.24, 2.45) is 0 Å². The molecule has 0 aliphatic heterocycles. The first-order valence-electron chi connectivity index (χ1n) is 12.1. The van der Waals surface area contributed by atoms with Crippen LogP contribution in [0.25, 0.3) is 0 Å². The van der Waals surface area contributed by atoms with Crippen molar-refractivity contribution in [3.05, 3.63) is 57.0 Å². The summed E-state index contributed by atoms with van der Waals surface area (Å²) in [5.41, 5.74) is 1.00. The Morgan fingerprint density at radius 2 is 1.74 bits per heavy atom. The van der Waals surface area contributed by atoms with Gasteiger partial charge in [-0.25, -0.2) is 8.42 Å². The standard InChI is InChI=1S/C26H34Cl3N3O5S/c1-6-23(26(34)30-17(2)3)31(16-18-9-10-19(27)14-21(18)28)25(33)8-7-13-32(38(5,35)36)20-11-12-24(37-4)22(29)15-20/h9-12,14-15,17,23H,6-8,13,16H2,1-5H3,(H,30,34). The van der Waals surface area contributed by atoms with E-state index in [2.05, 4.69) is 5.32 Å². The Balaban J connectivity index is 2.27. The smallest absolute Gasteiger partial charge is 0.243 e. The molecular formula is C26H34Cl3N3O5S. The van der Waals surface area contributed by atoms with Crippen molar-refractivity contribution in [2.45, 2.75) is 58.7 Å². The molecule has 12 heteroatoms. The van der Waals surface area contributed by atoms with Crippen LogP contribution in [0.15, 0.2) is 36.4 Å².